The van der Waals surface area contributed by atoms with Gasteiger partial charge in [0, 0.05) is 22.5 Å². The van der Waals surface area contributed by atoms with Gasteiger partial charge in [-0.15, -0.1) is 10.2 Å². The Morgan fingerprint density at radius 3 is 2.90 bits per heavy atom. The molecule has 1 aliphatic heterocycles. The maximum atomic E-state index is 12.8. The van der Waals surface area contributed by atoms with Gasteiger partial charge in [0.15, 0.2) is 17.3 Å². The van der Waals surface area contributed by atoms with Crippen molar-refractivity contribution in [3.05, 3.63) is 47.5 Å². The van der Waals surface area contributed by atoms with Crippen molar-refractivity contribution in [1.82, 2.24) is 29.9 Å². The number of rotatable bonds is 6. The lowest BCUT2D eigenvalue weighted by molar-refractivity contribution is 0.102. The molecule has 0 fully saturated rings. The van der Waals surface area contributed by atoms with Crippen LogP contribution in [0.4, 0.5) is 0 Å². The number of carbonyl (C=O) groups excluding carboxylic acids is 1. The second-order valence-corrected chi connectivity index (χ2v) is 7.51. The van der Waals surface area contributed by atoms with Gasteiger partial charge in [-0.05, 0) is 38.1 Å². The summed E-state index contributed by atoms with van der Waals surface area (Å²) in [6.07, 6.45) is 1.43. The van der Waals surface area contributed by atoms with E-state index in [0.29, 0.717) is 34.1 Å². The Kier molecular flexibility index (Phi) is 4.51. The number of aryl methyl sites for hydroxylation is 1. The minimum absolute atomic E-state index is 0.0401. The van der Waals surface area contributed by atoms with Gasteiger partial charge in [-0.1, -0.05) is 11.8 Å². The molecule has 3 aromatic heterocycles. The average molecular weight is 424 g/mol. The molecule has 0 radical (unpaired) electrons. The number of fused-ring (bicyclic) bond motifs is 1. The second kappa shape index (κ2) is 7.34. The first-order chi connectivity index (χ1) is 14.6. The molecule has 0 atom stereocenters. The quantitative estimate of drug-likeness (QED) is 0.368. The number of aromatic amines is 1. The third kappa shape index (κ3) is 3.22. The van der Waals surface area contributed by atoms with Gasteiger partial charge in [-0.2, -0.15) is 10.1 Å². The smallest absolute Gasteiger partial charge is 0.277 e. The maximum Gasteiger partial charge on any atom is 0.277 e. The predicted octanol–water partition coefficient (Wildman–Crippen LogP) is 2.97. The van der Waals surface area contributed by atoms with Crippen molar-refractivity contribution >= 4 is 17.5 Å². The molecular weight excluding hydrogens is 408 g/mol. The number of aromatic nitrogens is 6. The Labute approximate surface area is 174 Å². The topological polar surface area (TPSA) is 121 Å². The van der Waals surface area contributed by atoms with Gasteiger partial charge in [-0.3, -0.25) is 9.36 Å². The second-order valence-electron chi connectivity index (χ2n) is 6.58. The van der Waals surface area contributed by atoms with Crippen molar-refractivity contribution < 1.29 is 18.7 Å². The van der Waals surface area contributed by atoms with E-state index in [1.54, 1.807) is 12.1 Å². The summed E-state index contributed by atoms with van der Waals surface area (Å²) in [5.41, 5.74) is 3.02. The zero-order valence-corrected chi connectivity index (χ0v) is 16.9. The molecule has 152 valence electrons. The minimum atomic E-state index is -0.0401. The van der Waals surface area contributed by atoms with Crippen LogP contribution in [0.2, 0.25) is 0 Å². The van der Waals surface area contributed by atoms with Crippen LogP contribution < -0.4 is 9.47 Å². The Hall–Kier alpha value is -3.60. The number of hydrogen-bond donors (Lipinski definition) is 1. The van der Waals surface area contributed by atoms with Crippen LogP contribution in [0.5, 0.6) is 11.5 Å². The zero-order valence-electron chi connectivity index (χ0n) is 16.1. The van der Waals surface area contributed by atoms with Crippen LogP contribution in [0.1, 0.15) is 21.7 Å². The molecule has 11 heteroatoms. The van der Waals surface area contributed by atoms with Crippen LogP contribution >= 0.6 is 11.8 Å². The first-order valence-electron chi connectivity index (χ1n) is 9.04. The molecule has 0 unspecified atom stereocenters. The first-order valence-corrected chi connectivity index (χ1v) is 10.0. The molecule has 4 heterocycles. The van der Waals surface area contributed by atoms with Gasteiger partial charge in [-0.25, -0.2) is 5.10 Å². The van der Waals surface area contributed by atoms with E-state index in [0.717, 1.165) is 17.0 Å². The number of nitrogens with zero attached hydrogens (tertiary/aromatic N) is 5. The lowest BCUT2D eigenvalue weighted by atomic mass is 10.2. The first kappa shape index (κ1) is 18.4. The standard InChI is InChI=1S/C19H16N6O4S/c1-10-5-13(11(2)25(10)18-20-8-21-23-18)14(26)7-30-19-24-22-17(29-19)12-3-4-15-16(6-12)28-9-27-15/h3-6,8H,7,9H2,1-2H3,(H,20,21,23). The van der Waals surface area contributed by atoms with Crippen molar-refractivity contribution in [2.45, 2.75) is 19.1 Å². The van der Waals surface area contributed by atoms with Crippen LogP contribution in [0, 0.1) is 13.8 Å². The molecule has 0 aliphatic carbocycles. The highest BCUT2D eigenvalue weighted by Gasteiger charge is 2.20. The highest BCUT2D eigenvalue weighted by molar-refractivity contribution is 7.99. The van der Waals surface area contributed by atoms with Gasteiger partial charge in [0.2, 0.25) is 18.6 Å². The lowest BCUT2D eigenvalue weighted by Crippen LogP contribution is -2.06. The number of hydrogen-bond acceptors (Lipinski definition) is 9. The number of H-pyrrole nitrogens is 1. The van der Waals surface area contributed by atoms with Crippen molar-refractivity contribution in [2.75, 3.05) is 12.5 Å². The Morgan fingerprint density at radius 1 is 1.20 bits per heavy atom. The van der Waals surface area contributed by atoms with Crippen LogP contribution in [0.15, 0.2) is 40.2 Å². The summed E-state index contributed by atoms with van der Waals surface area (Å²) >= 11 is 1.19. The molecule has 1 aliphatic rings. The fraction of sp³-hybridized carbons (Fsp3) is 0.211. The monoisotopic (exact) mass is 424 g/mol. The number of carbonyl (C=O) groups is 1. The van der Waals surface area contributed by atoms with Crippen LogP contribution in [-0.2, 0) is 0 Å². The maximum absolute atomic E-state index is 12.8. The molecule has 0 bridgehead atoms. The summed E-state index contributed by atoms with van der Waals surface area (Å²) in [5, 5.41) is 15.1. The molecule has 0 saturated heterocycles. The fourth-order valence-corrected chi connectivity index (χ4v) is 3.94. The largest absolute Gasteiger partial charge is 0.454 e. The molecule has 0 spiro atoms. The van der Waals surface area contributed by atoms with E-state index in [1.807, 2.05) is 30.5 Å². The minimum Gasteiger partial charge on any atom is -0.454 e. The summed E-state index contributed by atoms with van der Waals surface area (Å²) in [5.74, 6) is 2.37. The third-order valence-electron chi connectivity index (χ3n) is 4.70. The van der Waals surface area contributed by atoms with E-state index >= 15 is 0 Å². The predicted molar refractivity (Wildman–Crippen MR) is 106 cm³/mol. The number of Topliss-reactive ketones (excluding diaryl/α,β-unsaturated/α-hetero) is 1. The Morgan fingerprint density at radius 2 is 2.07 bits per heavy atom. The molecule has 4 aromatic rings. The molecule has 1 N–H and O–H groups in total. The van der Waals surface area contributed by atoms with Gasteiger partial charge < -0.3 is 13.9 Å². The summed E-state index contributed by atoms with van der Waals surface area (Å²) in [6, 6.07) is 7.24. The Bertz CT molecular complexity index is 1230. The average Bonchev–Trinajstić information content (AvgIpc) is 3.53. The van der Waals surface area contributed by atoms with Gasteiger partial charge in [0.1, 0.15) is 6.33 Å². The summed E-state index contributed by atoms with van der Waals surface area (Å²) in [7, 11) is 0. The van der Waals surface area contributed by atoms with E-state index in [-0.39, 0.29) is 18.3 Å². The molecule has 30 heavy (non-hydrogen) atoms. The van der Waals surface area contributed by atoms with E-state index < -0.39 is 0 Å². The zero-order chi connectivity index (χ0) is 20.7. The summed E-state index contributed by atoms with van der Waals surface area (Å²) in [4.78, 5) is 16.9. The molecular formula is C19H16N6O4S. The molecule has 5 rings (SSSR count). The van der Waals surface area contributed by atoms with Crippen molar-refractivity contribution in [3.63, 3.8) is 0 Å². The van der Waals surface area contributed by atoms with E-state index in [9.17, 15) is 4.79 Å². The van der Waals surface area contributed by atoms with Crippen LogP contribution in [-0.4, -0.2) is 48.3 Å². The number of nitrogens with one attached hydrogen (secondary N) is 1. The van der Waals surface area contributed by atoms with Gasteiger partial charge in [0.05, 0.1) is 5.75 Å². The number of thioether (sulfide) groups is 1. The Balaban J connectivity index is 1.29. The molecule has 10 nitrogen and oxygen atoms in total. The third-order valence-corrected chi connectivity index (χ3v) is 5.52. The van der Waals surface area contributed by atoms with E-state index in [1.165, 1.54) is 18.1 Å². The number of ketones is 1. The van der Waals surface area contributed by atoms with Crippen molar-refractivity contribution in [1.29, 1.82) is 0 Å². The van der Waals surface area contributed by atoms with E-state index in [4.69, 9.17) is 13.9 Å². The number of ether oxygens (including phenoxy) is 2. The lowest BCUT2D eigenvalue weighted by Gasteiger charge is -2.04. The summed E-state index contributed by atoms with van der Waals surface area (Å²) < 4.78 is 18.2. The highest BCUT2D eigenvalue weighted by Crippen LogP contribution is 2.36. The van der Waals surface area contributed by atoms with Gasteiger partial charge >= 0.3 is 0 Å². The van der Waals surface area contributed by atoms with Crippen molar-refractivity contribution in [3.8, 4) is 28.9 Å². The van der Waals surface area contributed by atoms with E-state index in [2.05, 4.69) is 25.4 Å². The van der Waals surface area contributed by atoms with Gasteiger partial charge in [0.25, 0.3) is 5.22 Å². The fourth-order valence-electron chi connectivity index (χ4n) is 3.30. The summed E-state index contributed by atoms with van der Waals surface area (Å²) in [6.45, 7) is 3.98. The van der Waals surface area contributed by atoms with Crippen LogP contribution in [0.3, 0.4) is 0 Å². The molecule has 0 amide bonds. The van der Waals surface area contributed by atoms with Crippen LogP contribution in [0.25, 0.3) is 17.4 Å². The highest BCUT2D eigenvalue weighted by atomic mass is 32.2. The van der Waals surface area contributed by atoms with Crippen molar-refractivity contribution in [2.24, 2.45) is 0 Å². The molecule has 1 aromatic carbocycles. The number of benzene rings is 1. The normalized spacial score (nSPS) is 12.5. The SMILES string of the molecule is Cc1cc(C(=O)CSc2nnc(-c3ccc4c(c3)OCO4)o2)c(C)n1-c1ncn[nH]1. The molecule has 0 saturated carbocycles.